The molecule has 0 radical (unpaired) electrons. The van der Waals surface area contributed by atoms with E-state index in [9.17, 15) is 9.90 Å². The first-order valence-corrected chi connectivity index (χ1v) is 6.33. The van der Waals surface area contributed by atoms with Crippen molar-refractivity contribution in [2.45, 2.75) is 24.8 Å². The molecular formula is C13H19ClN2O2. The molecular weight excluding hydrogens is 252 g/mol. The molecule has 0 aliphatic carbocycles. The van der Waals surface area contributed by atoms with Crippen LogP contribution in [0, 0.1) is 0 Å². The zero-order valence-corrected chi connectivity index (χ0v) is 11.2. The highest BCUT2D eigenvalue weighted by atomic mass is 35.5. The number of halogens is 1. The van der Waals surface area contributed by atoms with Gasteiger partial charge in [0.1, 0.15) is 6.04 Å². The summed E-state index contributed by atoms with van der Waals surface area (Å²) in [5, 5.41) is 12.7. The summed E-state index contributed by atoms with van der Waals surface area (Å²) in [4.78, 5) is 11.3. The normalized spacial score (nSPS) is 14.2. The van der Waals surface area contributed by atoms with Gasteiger partial charge < -0.3 is 16.2 Å². The number of hydrogen-bond donors (Lipinski definition) is 3. The average molecular weight is 271 g/mol. The monoisotopic (exact) mass is 270 g/mol. The lowest BCUT2D eigenvalue weighted by molar-refractivity contribution is -0.140. The molecule has 0 heterocycles. The van der Waals surface area contributed by atoms with Crippen molar-refractivity contribution in [1.29, 1.82) is 0 Å². The molecule has 0 amide bonds. The standard InChI is InChI=1S/C13H19ClN2O2/c1-16-12(13(17)18)11(3-2-8-15)9-4-6-10(14)7-5-9/h4-7,11-12,16H,2-3,8,15H2,1H3,(H,17,18). The second-order valence-electron chi connectivity index (χ2n) is 4.19. The Kier molecular flexibility index (Phi) is 6.12. The van der Waals surface area contributed by atoms with Crippen molar-refractivity contribution in [3.63, 3.8) is 0 Å². The molecule has 4 N–H and O–H groups in total. The molecule has 0 fully saturated rings. The Bertz CT molecular complexity index is 381. The van der Waals surface area contributed by atoms with Crippen molar-refractivity contribution in [2.75, 3.05) is 13.6 Å². The van der Waals surface area contributed by atoms with E-state index in [1.165, 1.54) is 0 Å². The van der Waals surface area contributed by atoms with Crippen LogP contribution in [0.2, 0.25) is 5.02 Å². The number of carboxylic acid groups (broad SMARTS) is 1. The summed E-state index contributed by atoms with van der Waals surface area (Å²) >= 11 is 5.84. The van der Waals surface area contributed by atoms with Crippen LogP contribution in [-0.4, -0.2) is 30.7 Å². The molecule has 0 aromatic heterocycles. The van der Waals surface area contributed by atoms with Gasteiger partial charge in [0.15, 0.2) is 0 Å². The molecule has 4 nitrogen and oxygen atoms in total. The highest BCUT2D eigenvalue weighted by molar-refractivity contribution is 6.30. The number of rotatable bonds is 7. The van der Waals surface area contributed by atoms with Crippen molar-refractivity contribution in [3.05, 3.63) is 34.9 Å². The van der Waals surface area contributed by atoms with Gasteiger partial charge in [0, 0.05) is 10.9 Å². The number of carboxylic acids is 1. The summed E-state index contributed by atoms with van der Waals surface area (Å²) in [6, 6.07) is 6.69. The summed E-state index contributed by atoms with van der Waals surface area (Å²) in [5.74, 6) is -0.956. The molecule has 2 atom stereocenters. The van der Waals surface area contributed by atoms with Gasteiger partial charge in [-0.2, -0.15) is 0 Å². The van der Waals surface area contributed by atoms with E-state index in [0.29, 0.717) is 11.6 Å². The van der Waals surface area contributed by atoms with Crippen LogP contribution in [0.25, 0.3) is 0 Å². The van der Waals surface area contributed by atoms with E-state index in [1.807, 2.05) is 12.1 Å². The molecule has 0 saturated carbocycles. The van der Waals surface area contributed by atoms with E-state index in [2.05, 4.69) is 5.32 Å². The predicted molar refractivity (Wildman–Crippen MR) is 73.0 cm³/mol. The zero-order chi connectivity index (χ0) is 13.5. The van der Waals surface area contributed by atoms with Crippen LogP contribution >= 0.6 is 11.6 Å². The Morgan fingerprint density at radius 2 is 2.06 bits per heavy atom. The van der Waals surface area contributed by atoms with Crippen molar-refractivity contribution < 1.29 is 9.90 Å². The van der Waals surface area contributed by atoms with Gasteiger partial charge in [-0.05, 0) is 44.1 Å². The number of nitrogens with two attached hydrogens (primary N) is 1. The molecule has 18 heavy (non-hydrogen) atoms. The van der Waals surface area contributed by atoms with E-state index in [4.69, 9.17) is 17.3 Å². The fourth-order valence-corrected chi connectivity index (χ4v) is 2.20. The third-order valence-corrected chi connectivity index (χ3v) is 3.25. The number of benzene rings is 1. The van der Waals surface area contributed by atoms with Crippen LogP contribution in [0.4, 0.5) is 0 Å². The van der Waals surface area contributed by atoms with Gasteiger partial charge in [-0.3, -0.25) is 4.79 Å². The maximum atomic E-state index is 11.3. The van der Waals surface area contributed by atoms with E-state index in [1.54, 1.807) is 19.2 Å². The number of carbonyl (C=O) groups is 1. The highest BCUT2D eigenvalue weighted by Gasteiger charge is 2.27. The van der Waals surface area contributed by atoms with Crippen molar-refractivity contribution in [2.24, 2.45) is 5.73 Å². The molecule has 0 aliphatic rings. The Labute approximate surface area is 112 Å². The number of nitrogens with one attached hydrogen (secondary N) is 1. The molecule has 2 unspecified atom stereocenters. The minimum atomic E-state index is -0.852. The molecule has 1 aromatic carbocycles. The summed E-state index contributed by atoms with van der Waals surface area (Å²) in [5.41, 5.74) is 6.47. The Hall–Kier alpha value is -1.10. The van der Waals surface area contributed by atoms with Gasteiger partial charge in [0.25, 0.3) is 0 Å². The van der Waals surface area contributed by atoms with Gasteiger partial charge in [-0.15, -0.1) is 0 Å². The molecule has 0 spiro atoms. The first-order chi connectivity index (χ1) is 8.60. The summed E-state index contributed by atoms with van der Waals surface area (Å²) in [7, 11) is 1.66. The number of hydrogen-bond acceptors (Lipinski definition) is 3. The van der Waals surface area contributed by atoms with Crippen LogP contribution < -0.4 is 11.1 Å². The van der Waals surface area contributed by atoms with E-state index in [-0.39, 0.29) is 5.92 Å². The molecule has 0 bridgehead atoms. The highest BCUT2D eigenvalue weighted by Crippen LogP contribution is 2.26. The Morgan fingerprint density at radius 1 is 1.44 bits per heavy atom. The van der Waals surface area contributed by atoms with Crippen molar-refractivity contribution >= 4 is 17.6 Å². The van der Waals surface area contributed by atoms with E-state index in [0.717, 1.165) is 18.4 Å². The lowest BCUT2D eigenvalue weighted by Crippen LogP contribution is -2.39. The fraction of sp³-hybridized carbons (Fsp3) is 0.462. The van der Waals surface area contributed by atoms with Crippen molar-refractivity contribution in [3.8, 4) is 0 Å². The third-order valence-electron chi connectivity index (χ3n) is 3.00. The van der Waals surface area contributed by atoms with E-state index < -0.39 is 12.0 Å². The second-order valence-corrected chi connectivity index (χ2v) is 4.63. The van der Waals surface area contributed by atoms with Crippen LogP contribution in [0.15, 0.2) is 24.3 Å². The van der Waals surface area contributed by atoms with Crippen LogP contribution in [0.1, 0.15) is 24.3 Å². The summed E-state index contributed by atoms with van der Waals surface area (Å²) in [6.45, 7) is 0.556. The molecule has 0 aliphatic heterocycles. The van der Waals surface area contributed by atoms with Crippen LogP contribution in [-0.2, 0) is 4.79 Å². The molecule has 1 rings (SSSR count). The van der Waals surface area contributed by atoms with Crippen LogP contribution in [0.5, 0.6) is 0 Å². The lowest BCUT2D eigenvalue weighted by atomic mass is 9.87. The first-order valence-electron chi connectivity index (χ1n) is 5.95. The minimum absolute atomic E-state index is 0.103. The molecule has 5 heteroatoms. The van der Waals surface area contributed by atoms with Gasteiger partial charge in [-0.25, -0.2) is 0 Å². The second kappa shape index (κ2) is 7.36. The zero-order valence-electron chi connectivity index (χ0n) is 10.4. The summed E-state index contributed by atoms with van der Waals surface area (Å²) in [6.07, 6.45) is 1.52. The van der Waals surface area contributed by atoms with Gasteiger partial charge in [-0.1, -0.05) is 23.7 Å². The average Bonchev–Trinajstić information content (AvgIpc) is 2.35. The van der Waals surface area contributed by atoms with Crippen LogP contribution in [0.3, 0.4) is 0 Å². The number of aliphatic carboxylic acids is 1. The SMILES string of the molecule is CNC(C(=O)O)C(CCCN)c1ccc(Cl)cc1. The fourth-order valence-electron chi connectivity index (χ4n) is 2.07. The largest absolute Gasteiger partial charge is 0.480 e. The first kappa shape index (κ1) is 15.0. The number of likely N-dealkylation sites (N-methyl/N-ethyl adjacent to an activating group) is 1. The smallest absolute Gasteiger partial charge is 0.321 e. The van der Waals surface area contributed by atoms with E-state index >= 15 is 0 Å². The van der Waals surface area contributed by atoms with Crippen molar-refractivity contribution in [1.82, 2.24) is 5.32 Å². The quantitative estimate of drug-likeness (QED) is 0.707. The molecule has 0 saturated heterocycles. The molecule has 1 aromatic rings. The van der Waals surface area contributed by atoms with Gasteiger partial charge in [0.05, 0.1) is 0 Å². The minimum Gasteiger partial charge on any atom is -0.480 e. The predicted octanol–water partition coefficient (Wildman–Crippen LogP) is 1.84. The van der Waals surface area contributed by atoms with Gasteiger partial charge in [0.2, 0.25) is 0 Å². The Morgan fingerprint density at radius 3 is 2.50 bits per heavy atom. The maximum absolute atomic E-state index is 11.3. The maximum Gasteiger partial charge on any atom is 0.321 e. The third kappa shape index (κ3) is 3.98. The van der Waals surface area contributed by atoms with Gasteiger partial charge >= 0.3 is 5.97 Å². The topological polar surface area (TPSA) is 75.3 Å². The lowest BCUT2D eigenvalue weighted by Gasteiger charge is -2.24. The molecule has 100 valence electrons. The Balaban J connectivity index is 2.95. The summed E-state index contributed by atoms with van der Waals surface area (Å²) < 4.78 is 0.